The van der Waals surface area contributed by atoms with E-state index in [4.69, 9.17) is 10.8 Å². The van der Waals surface area contributed by atoms with Gasteiger partial charge in [0.25, 0.3) is 0 Å². The van der Waals surface area contributed by atoms with E-state index in [2.05, 4.69) is 10.3 Å². The number of guanidine groups is 2. The number of para-hydroxylation sites is 1. The van der Waals surface area contributed by atoms with Gasteiger partial charge in [0.15, 0.2) is 0 Å². The van der Waals surface area contributed by atoms with Crippen LogP contribution in [-0.4, -0.2) is 23.2 Å². The van der Waals surface area contributed by atoms with Crippen LogP contribution in [0.3, 0.4) is 0 Å². The number of halogens is 3. The monoisotopic (exact) mass is 322 g/mol. The molecular formula is C14H13F3N6. The van der Waals surface area contributed by atoms with Crippen LogP contribution in [0.15, 0.2) is 54.9 Å². The zero-order valence-electron chi connectivity index (χ0n) is 11.7. The summed E-state index contributed by atoms with van der Waals surface area (Å²) in [6.45, 7) is 0. The minimum atomic E-state index is -4.75. The number of nitrogens with zero attached hydrogens (tertiary/aromatic N) is 2. The molecule has 0 atom stereocenters. The number of aromatic nitrogens is 1. The number of rotatable bonds is 2. The van der Waals surface area contributed by atoms with Gasteiger partial charge in [-0.15, -0.1) is 0 Å². The Morgan fingerprint density at radius 2 is 1.65 bits per heavy atom. The van der Waals surface area contributed by atoms with Crippen molar-refractivity contribution in [3.63, 3.8) is 0 Å². The molecule has 23 heavy (non-hydrogen) atoms. The summed E-state index contributed by atoms with van der Waals surface area (Å²) in [5.74, 6) is -1.47. The molecule has 0 saturated carbocycles. The lowest BCUT2D eigenvalue weighted by Crippen LogP contribution is -2.50. The fraction of sp³-hybridized carbons (Fsp3) is 0.0714. The Labute approximate surface area is 130 Å². The van der Waals surface area contributed by atoms with Crippen LogP contribution < -0.4 is 15.5 Å². The van der Waals surface area contributed by atoms with Crippen molar-refractivity contribution in [2.45, 2.75) is 6.30 Å². The summed E-state index contributed by atoms with van der Waals surface area (Å²) in [4.78, 5) is 5.27. The molecule has 9 heteroatoms. The third-order valence-corrected chi connectivity index (χ3v) is 2.65. The molecule has 0 aliphatic carbocycles. The molecule has 0 saturated heterocycles. The molecule has 120 valence electrons. The second-order valence-corrected chi connectivity index (χ2v) is 4.35. The van der Waals surface area contributed by atoms with Gasteiger partial charge in [0.2, 0.25) is 11.9 Å². The van der Waals surface area contributed by atoms with Crippen molar-refractivity contribution in [1.29, 1.82) is 10.8 Å². The van der Waals surface area contributed by atoms with E-state index in [0.29, 0.717) is 11.4 Å². The summed E-state index contributed by atoms with van der Waals surface area (Å²) in [6, 6.07) is 11.9. The first-order valence-corrected chi connectivity index (χ1v) is 6.41. The first-order chi connectivity index (χ1) is 10.9. The van der Waals surface area contributed by atoms with Gasteiger partial charge in [0.05, 0.1) is 11.9 Å². The SMILES string of the molecule is N=C(NC(=N)N(c1ccccc1)c1cccnc1)NC(F)(F)F. The first kappa shape index (κ1) is 16.3. The van der Waals surface area contributed by atoms with Gasteiger partial charge in [-0.05, 0) is 24.3 Å². The predicted octanol–water partition coefficient (Wildman–Crippen LogP) is 2.79. The predicted molar refractivity (Wildman–Crippen MR) is 80.6 cm³/mol. The van der Waals surface area contributed by atoms with Crippen LogP contribution in [0.1, 0.15) is 0 Å². The van der Waals surface area contributed by atoms with E-state index in [1.807, 2.05) is 0 Å². The van der Waals surface area contributed by atoms with Gasteiger partial charge in [-0.2, -0.15) is 13.2 Å². The summed E-state index contributed by atoms with van der Waals surface area (Å²) in [7, 11) is 0. The van der Waals surface area contributed by atoms with E-state index >= 15 is 0 Å². The largest absolute Gasteiger partial charge is 0.484 e. The lowest BCUT2D eigenvalue weighted by atomic mass is 10.2. The standard InChI is InChI=1S/C14H13F3N6/c15-14(16,17)22-12(18)21-13(19)23(10-5-2-1-3-6-10)11-7-4-8-20-9-11/h1-9H,(H4,18,19,21,22). The van der Waals surface area contributed by atoms with Gasteiger partial charge in [-0.3, -0.25) is 31.3 Å². The van der Waals surface area contributed by atoms with Gasteiger partial charge in [-0.1, -0.05) is 18.2 Å². The molecule has 2 rings (SSSR count). The van der Waals surface area contributed by atoms with Crippen molar-refractivity contribution in [2.75, 3.05) is 4.90 Å². The van der Waals surface area contributed by atoms with Crippen LogP contribution >= 0.6 is 0 Å². The van der Waals surface area contributed by atoms with Crippen molar-refractivity contribution in [1.82, 2.24) is 15.6 Å². The average Bonchev–Trinajstić information content (AvgIpc) is 2.47. The van der Waals surface area contributed by atoms with E-state index < -0.39 is 18.2 Å². The smallest absolute Gasteiger partial charge is 0.296 e. The Morgan fingerprint density at radius 1 is 1.00 bits per heavy atom. The summed E-state index contributed by atoms with van der Waals surface area (Å²) >= 11 is 0. The lowest BCUT2D eigenvalue weighted by molar-refractivity contribution is -0.142. The molecule has 0 unspecified atom stereocenters. The number of hydrogen-bond acceptors (Lipinski definition) is 3. The number of pyridine rings is 1. The Morgan fingerprint density at radius 3 is 2.22 bits per heavy atom. The second kappa shape index (κ2) is 6.77. The van der Waals surface area contributed by atoms with Gasteiger partial charge in [0.1, 0.15) is 0 Å². The van der Waals surface area contributed by atoms with E-state index in [1.165, 1.54) is 17.3 Å². The Kier molecular flexibility index (Phi) is 4.79. The molecule has 2 aromatic rings. The minimum Gasteiger partial charge on any atom is -0.296 e. The second-order valence-electron chi connectivity index (χ2n) is 4.35. The minimum absolute atomic E-state index is 0.425. The molecule has 0 aliphatic heterocycles. The van der Waals surface area contributed by atoms with Crippen LogP contribution in [-0.2, 0) is 0 Å². The molecule has 0 fully saturated rings. The molecule has 0 radical (unpaired) electrons. The summed E-state index contributed by atoms with van der Waals surface area (Å²) in [5.41, 5.74) is 1.01. The molecule has 1 heterocycles. The highest BCUT2D eigenvalue weighted by Crippen LogP contribution is 2.23. The van der Waals surface area contributed by atoms with Crippen molar-refractivity contribution in [3.8, 4) is 0 Å². The summed E-state index contributed by atoms with van der Waals surface area (Å²) < 4.78 is 36.7. The van der Waals surface area contributed by atoms with Gasteiger partial charge < -0.3 is 0 Å². The third kappa shape index (κ3) is 4.70. The first-order valence-electron chi connectivity index (χ1n) is 6.41. The Bertz CT molecular complexity index is 632. The fourth-order valence-corrected chi connectivity index (χ4v) is 1.82. The van der Waals surface area contributed by atoms with E-state index in [1.54, 1.807) is 42.5 Å². The molecule has 4 N–H and O–H groups in total. The van der Waals surface area contributed by atoms with Crippen LogP contribution in [0, 0.1) is 10.8 Å². The zero-order chi connectivity index (χ0) is 16.9. The highest BCUT2D eigenvalue weighted by Gasteiger charge is 2.29. The van der Waals surface area contributed by atoms with Crippen molar-refractivity contribution >= 4 is 23.3 Å². The van der Waals surface area contributed by atoms with Gasteiger partial charge >= 0.3 is 6.30 Å². The average molecular weight is 322 g/mol. The Balaban J connectivity index is 2.25. The maximum Gasteiger partial charge on any atom is 0.484 e. The molecule has 1 aromatic carbocycles. The number of alkyl halides is 3. The molecule has 0 amide bonds. The number of hydrogen-bond donors (Lipinski definition) is 4. The molecule has 0 aliphatic rings. The quantitative estimate of drug-likeness (QED) is 0.389. The normalized spacial score (nSPS) is 10.7. The zero-order valence-corrected chi connectivity index (χ0v) is 11.7. The molecule has 1 aromatic heterocycles. The highest BCUT2D eigenvalue weighted by molar-refractivity contribution is 6.08. The van der Waals surface area contributed by atoms with E-state index in [0.717, 1.165) is 5.32 Å². The third-order valence-electron chi connectivity index (χ3n) is 2.65. The number of benzene rings is 1. The fourth-order valence-electron chi connectivity index (χ4n) is 1.82. The van der Waals surface area contributed by atoms with Crippen LogP contribution in [0.5, 0.6) is 0 Å². The van der Waals surface area contributed by atoms with Crippen LogP contribution in [0.2, 0.25) is 0 Å². The maximum absolute atomic E-state index is 12.2. The molecular weight excluding hydrogens is 309 g/mol. The Hall–Kier alpha value is -3.10. The van der Waals surface area contributed by atoms with Crippen molar-refractivity contribution in [2.24, 2.45) is 0 Å². The summed E-state index contributed by atoms with van der Waals surface area (Å²) in [6.07, 6.45) is -1.75. The van der Waals surface area contributed by atoms with E-state index in [-0.39, 0.29) is 0 Å². The highest BCUT2D eigenvalue weighted by atomic mass is 19.4. The van der Waals surface area contributed by atoms with E-state index in [9.17, 15) is 13.2 Å². The summed E-state index contributed by atoms with van der Waals surface area (Å²) in [5, 5.41) is 18.3. The number of nitrogens with one attached hydrogen (secondary N) is 4. The van der Waals surface area contributed by atoms with Crippen LogP contribution in [0.25, 0.3) is 0 Å². The maximum atomic E-state index is 12.2. The van der Waals surface area contributed by atoms with Gasteiger partial charge in [-0.25, -0.2) is 0 Å². The molecule has 0 spiro atoms. The molecule has 6 nitrogen and oxygen atoms in total. The lowest BCUT2D eigenvalue weighted by Gasteiger charge is -2.26. The number of anilines is 2. The van der Waals surface area contributed by atoms with Crippen LogP contribution in [0.4, 0.5) is 24.5 Å². The molecule has 0 bridgehead atoms. The van der Waals surface area contributed by atoms with Crippen molar-refractivity contribution in [3.05, 3.63) is 54.9 Å². The van der Waals surface area contributed by atoms with Gasteiger partial charge in [0, 0.05) is 11.9 Å². The van der Waals surface area contributed by atoms with Crippen molar-refractivity contribution < 1.29 is 13.2 Å². The topological polar surface area (TPSA) is 87.9 Å².